The second kappa shape index (κ2) is 4.22. The maximum absolute atomic E-state index is 11.7. The highest BCUT2D eigenvalue weighted by atomic mass is 79.9. The fraction of sp³-hybridized carbons (Fsp3) is 0.111. The van der Waals surface area contributed by atoms with E-state index in [4.69, 9.17) is 0 Å². The van der Waals surface area contributed by atoms with E-state index in [1.54, 1.807) is 30.2 Å². The SMILES string of the molecule is FC(F)C#Cc1ccccc1Br. The molecule has 62 valence electrons. The van der Waals surface area contributed by atoms with E-state index in [0.29, 0.717) is 5.56 Å². The molecular formula is C9H5BrF2. The lowest BCUT2D eigenvalue weighted by molar-refractivity contribution is 0.215. The van der Waals surface area contributed by atoms with Crippen LogP contribution < -0.4 is 0 Å². The van der Waals surface area contributed by atoms with Gasteiger partial charge in [0.25, 0.3) is 6.43 Å². The van der Waals surface area contributed by atoms with Crippen LogP contribution in [0.25, 0.3) is 0 Å². The lowest BCUT2D eigenvalue weighted by atomic mass is 10.2. The highest BCUT2D eigenvalue weighted by Crippen LogP contribution is 2.14. The third-order valence-electron chi connectivity index (χ3n) is 1.19. The van der Waals surface area contributed by atoms with Crippen LogP contribution in [0.4, 0.5) is 8.78 Å². The molecule has 0 nitrogen and oxygen atoms in total. The molecule has 1 rings (SSSR count). The summed E-state index contributed by atoms with van der Waals surface area (Å²) in [7, 11) is 0. The van der Waals surface area contributed by atoms with Gasteiger partial charge < -0.3 is 0 Å². The van der Waals surface area contributed by atoms with Crippen LogP contribution >= 0.6 is 15.9 Å². The fourth-order valence-electron chi connectivity index (χ4n) is 0.695. The molecule has 0 N–H and O–H groups in total. The molecule has 0 fully saturated rings. The van der Waals surface area contributed by atoms with Crippen molar-refractivity contribution in [3.8, 4) is 11.8 Å². The average Bonchev–Trinajstić information content (AvgIpc) is 2.03. The Kier molecular flexibility index (Phi) is 3.24. The van der Waals surface area contributed by atoms with Crippen LogP contribution in [-0.4, -0.2) is 6.43 Å². The summed E-state index contributed by atoms with van der Waals surface area (Å²) in [6, 6.07) is 6.99. The van der Waals surface area contributed by atoms with E-state index < -0.39 is 6.43 Å². The highest BCUT2D eigenvalue weighted by Gasteiger charge is 1.95. The van der Waals surface area contributed by atoms with Gasteiger partial charge in [-0.1, -0.05) is 18.1 Å². The Balaban J connectivity index is 2.92. The predicted molar refractivity (Wildman–Crippen MR) is 47.0 cm³/mol. The van der Waals surface area contributed by atoms with Crippen LogP contribution in [0.5, 0.6) is 0 Å². The van der Waals surface area contributed by atoms with E-state index in [2.05, 4.69) is 21.9 Å². The number of hydrogen-bond donors (Lipinski definition) is 0. The lowest BCUT2D eigenvalue weighted by Gasteiger charge is -1.92. The second-order valence-corrected chi connectivity index (χ2v) is 2.90. The Morgan fingerprint density at radius 1 is 1.25 bits per heavy atom. The summed E-state index contributed by atoms with van der Waals surface area (Å²) in [5.74, 6) is 4.15. The van der Waals surface area contributed by atoms with Crippen molar-refractivity contribution in [3.05, 3.63) is 34.3 Å². The minimum Gasteiger partial charge on any atom is -0.196 e. The van der Waals surface area contributed by atoms with E-state index in [9.17, 15) is 8.78 Å². The molecule has 0 saturated carbocycles. The van der Waals surface area contributed by atoms with Crippen LogP contribution in [-0.2, 0) is 0 Å². The maximum Gasteiger partial charge on any atom is 0.299 e. The topological polar surface area (TPSA) is 0 Å². The molecule has 0 radical (unpaired) electrons. The van der Waals surface area contributed by atoms with Crippen molar-refractivity contribution in [3.63, 3.8) is 0 Å². The minimum atomic E-state index is -2.57. The molecule has 0 heterocycles. The van der Waals surface area contributed by atoms with Gasteiger partial charge in [0.05, 0.1) is 0 Å². The highest BCUT2D eigenvalue weighted by molar-refractivity contribution is 9.10. The number of rotatable bonds is 0. The van der Waals surface area contributed by atoms with Gasteiger partial charge in [0.1, 0.15) is 0 Å². The van der Waals surface area contributed by atoms with Crippen molar-refractivity contribution >= 4 is 15.9 Å². The molecule has 1 aromatic rings. The second-order valence-electron chi connectivity index (χ2n) is 2.05. The maximum atomic E-state index is 11.7. The summed E-state index contributed by atoms with van der Waals surface area (Å²) in [6.07, 6.45) is -2.57. The monoisotopic (exact) mass is 230 g/mol. The molecule has 0 aliphatic rings. The summed E-state index contributed by atoms with van der Waals surface area (Å²) in [4.78, 5) is 0. The normalized spacial score (nSPS) is 9.33. The zero-order valence-electron chi connectivity index (χ0n) is 6.02. The third kappa shape index (κ3) is 2.63. The van der Waals surface area contributed by atoms with E-state index in [1.165, 1.54) is 0 Å². The third-order valence-corrected chi connectivity index (χ3v) is 1.88. The van der Waals surface area contributed by atoms with Crippen molar-refractivity contribution in [2.24, 2.45) is 0 Å². The number of alkyl halides is 2. The molecule has 0 saturated heterocycles. The van der Waals surface area contributed by atoms with Gasteiger partial charge in [-0.25, -0.2) is 0 Å². The molecular weight excluding hydrogens is 226 g/mol. The summed E-state index contributed by atoms with van der Waals surface area (Å²) in [5.41, 5.74) is 0.581. The zero-order chi connectivity index (χ0) is 8.97. The van der Waals surface area contributed by atoms with Gasteiger partial charge in [-0.3, -0.25) is 0 Å². The number of hydrogen-bond acceptors (Lipinski definition) is 0. The molecule has 0 bridgehead atoms. The van der Waals surface area contributed by atoms with Gasteiger partial charge in [-0.15, -0.1) is 0 Å². The Bertz CT molecular complexity index is 323. The molecule has 0 spiro atoms. The Morgan fingerprint density at radius 3 is 2.50 bits per heavy atom. The molecule has 1 aromatic carbocycles. The van der Waals surface area contributed by atoms with E-state index >= 15 is 0 Å². The smallest absolute Gasteiger partial charge is 0.196 e. The number of halogens is 3. The van der Waals surface area contributed by atoms with Crippen LogP contribution in [0, 0.1) is 11.8 Å². The Morgan fingerprint density at radius 2 is 1.92 bits per heavy atom. The van der Waals surface area contributed by atoms with Gasteiger partial charge in [-0.05, 0) is 34.0 Å². The molecule has 12 heavy (non-hydrogen) atoms. The first-order valence-electron chi connectivity index (χ1n) is 3.24. The summed E-state index contributed by atoms with van der Waals surface area (Å²) in [5, 5.41) is 0. The Hall–Kier alpha value is -0.880. The first kappa shape index (κ1) is 9.21. The van der Waals surface area contributed by atoms with Crippen LogP contribution in [0.15, 0.2) is 28.7 Å². The standard InChI is InChI=1S/C9H5BrF2/c10-8-4-2-1-3-7(8)5-6-9(11)12/h1-4,9H. The molecule has 0 amide bonds. The van der Waals surface area contributed by atoms with Crippen LogP contribution in [0.2, 0.25) is 0 Å². The summed E-state index contributed by atoms with van der Waals surface area (Å²) >= 11 is 3.20. The first-order valence-corrected chi connectivity index (χ1v) is 4.03. The van der Waals surface area contributed by atoms with E-state index in [1.807, 2.05) is 0 Å². The van der Waals surface area contributed by atoms with Crippen LogP contribution in [0.3, 0.4) is 0 Å². The van der Waals surface area contributed by atoms with Gasteiger partial charge in [0, 0.05) is 10.0 Å². The molecule has 0 unspecified atom stereocenters. The Labute approximate surface area is 77.7 Å². The molecule has 3 heteroatoms. The summed E-state index contributed by atoms with van der Waals surface area (Å²) in [6.45, 7) is 0. The number of benzene rings is 1. The van der Waals surface area contributed by atoms with Gasteiger partial charge in [0.15, 0.2) is 0 Å². The van der Waals surface area contributed by atoms with Crippen molar-refractivity contribution in [1.82, 2.24) is 0 Å². The lowest BCUT2D eigenvalue weighted by Crippen LogP contribution is -1.82. The zero-order valence-corrected chi connectivity index (χ0v) is 7.61. The fourth-order valence-corrected chi connectivity index (χ4v) is 1.08. The minimum absolute atomic E-state index is 0.581. The summed E-state index contributed by atoms with van der Waals surface area (Å²) < 4.78 is 24.1. The van der Waals surface area contributed by atoms with E-state index in [0.717, 1.165) is 4.47 Å². The van der Waals surface area contributed by atoms with E-state index in [-0.39, 0.29) is 0 Å². The predicted octanol–water partition coefficient (Wildman–Crippen LogP) is 3.07. The molecule has 0 aliphatic carbocycles. The van der Waals surface area contributed by atoms with Gasteiger partial charge in [0.2, 0.25) is 0 Å². The first-order chi connectivity index (χ1) is 5.70. The van der Waals surface area contributed by atoms with Crippen molar-refractivity contribution in [2.45, 2.75) is 6.43 Å². The van der Waals surface area contributed by atoms with Crippen molar-refractivity contribution in [2.75, 3.05) is 0 Å². The van der Waals surface area contributed by atoms with Gasteiger partial charge >= 0.3 is 0 Å². The largest absolute Gasteiger partial charge is 0.299 e. The average molecular weight is 231 g/mol. The molecule has 0 aromatic heterocycles. The quantitative estimate of drug-likeness (QED) is 0.602. The molecule has 0 atom stereocenters. The van der Waals surface area contributed by atoms with Crippen molar-refractivity contribution < 1.29 is 8.78 Å². The molecule has 0 aliphatic heterocycles. The van der Waals surface area contributed by atoms with Gasteiger partial charge in [-0.2, -0.15) is 8.78 Å². The van der Waals surface area contributed by atoms with Crippen molar-refractivity contribution in [1.29, 1.82) is 0 Å². The van der Waals surface area contributed by atoms with Crippen LogP contribution in [0.1, 0.15) is 5.56 Å².